The molecule has 1 fully saturated rings. The molecule has 2 aromatic carbocycles. The van der Waals surface area contributed by atoms with Crippen molar-refractivity contribution in [2.24, 2.45) is 5.92 Å². The summed E-state index contributed by atoms with van der Waals surface area (Å²) in [5, 5.41) is 13.5. The largest absolute Gasteiger partial charge is 0.328 e. The molecule has 0 N–H and O–H groups in total. The summed E-state index contributed by atoms with van der Waals surface area (Å²) in [6.45, 7) is 4.30. The van der Waals surface area contributed by atoms with E-state index >= 15 is 0 Å². The number of amides is 1. The van der Waals surface area contributed by atoms with Crippen molar-refractivity contribution in [3.05, 3.63) is 58.1 Å². The van der Waals surface area contributed by atoms with E-state index in [4.69, 9.17) is 0 Å². The van der Waals surface area contributed by atoms with Crippen LogP contribution in [0.5, 0.6) is 0 Å². The van der Waals surface area contributed by atoms with E-state index in [1.165, 1.54) is 0 Å². The van der Waals surface area contributed by atoms with Gasteiger partial charge in [-0.1, -0.05) is 50.2 Å². The molecule has 5 nitrogen and oxygen atoms in total. The van der Waals surface area contributed by atoms with E-state index in [0.29, 0.717) is 6.54 Å². The van der Waals surface area contributed by atoms with Crippen molar-refractivity contribution in [3.63, 3.8) is 0 Å². The maximum absolute atomic E-state index is 12.3. The predicted octanol–water partition coefficient (Wildman–Crippen LogP) is 3.24. The van der Waals surface area contributed by atoms with Crippen LogP contribution in [0.15, 0.2) is 42.5 Å². The summed E-state index contributed by atoms with van der Waals surface area (Å²) in [4.78, 5) is 24.9. The second-order valence-corrected chi connectivity index (χ2v) is 6.49. The number of nitrogens with zero attached hydrogens (tertiary/aromatic N) is 2. The van der Waals surface area contributed by atoms with E-state index in [0.717, 1.165) is 16.3 Å². The van der Waals surface area contributed by atoms with Gasteiger partial charge in [-0.3, -0.25) is 14.9 Å². The van der Waals surface area contributed by atoms with Crippen molar-refractivity contribution in [2.75, 3.05) is 0 Å². The summed E-state index contributed by atoms with van der Waals surface area (Å²) in [6.07, 6.45) is 0.00340. The van der Waals surface area contributed by atoms with Gasteiger partial charge in [0.1, 0.15) is 6.04 Å². The lowest BCUT2D eigenvalue weighted by molar-refractivity contribution is -0.525. The fourth-order valence-electron chi connectivity index (χ4n) is 3.52. The molecular formula is C18H20N2O3. The highest BCUT2D eigenvalue weighted by Gasteiger charge is 2.48. The molecule has 1 amide bonds. The Kier molecular flexibility index (Phi) is 4.03. The van der Waals surface area contributed by atoms with Gasteiger partial charge in [0, 0.05) is 11.5 Å². The first-order chi connectivity index (χ1) is 11.0. The molecule has 5 heteroatoms. The van der Waals surface area contributed by atoms with Gasteiger partial charge in [-0.15, -0.1) is 0 Å². The fraction of sp³-hybridized carbons (Fsp3) is 0.389. The molecule has 3 rings (SSSR count). The highest BCUT2D eigenvalue weighted by Crippen LogP contribution is 2.29. The van der Waals surface area contributed by atoms with Gasteiger partial charge in [-0.25, -0.2) is 0 Å². The first-order valence-electron chi connectivity index (χ1n) is 7.88. The number of fused-ring (bicyclic) bond motifs is 1. The topological polar surface area (TPSA) is 63.5 Å². The Hall–Kier alpha value is -2.43. The van der Waals surface area contributed by atoms with E-state index in [1.807, 2.05) is 50.2 Å². The lowest BCUT2D eigenvalue weighted by atomic mass is 9.97. The Morgan fingerprint density at radius 3 is 2.57 bits per heavy atom. The maximum Gasteiger partial charge on any atom is 0.242 e. The van der Waals surface area contributed by atoms with Crippen LogP contribution in [0.1, 0.15) is 25.8 Å². The average Bonchev–Trinajstić information content (AvgIpc) is 2.84. The van der Waals surface area contributed by atoms with Crippen LogP contribution in [0.2, 0.25) is 0 Å². The Morgan fingerprint density at radius 2 is 1.91 bits per heavy atom. The number of likely N-dealkylation sites (tertiary alicyclic amines) is 1. The molecule has 120 valence electrons. The second-order valence-electron chi connectivity index (χ2n) is 6.49. The monoisotopic (exact) mass is 312 g/mol. The zero-order valence-corrected chi connectivity index (χ0v) is 13.3. The quantitative estimate of drug-likeness (QED) is 0.643. The molecule has 0 bridgehead atoms. The molecule has 1 heterocycles. The van der Waals surface area contributed by atoms with Crippen LogP contribution in [-0.4, -0.2) is 27.8 Å². The third-order valence-corrected chi connectivity index (χ3v) is 4.58. The summed E-state index contributed by atoms with van der Waals surface area (Å²) in [5.74, 6) is -0.0733. The Bertz CT molecular complexity index is 757. The highest BCUT2D eigenvalue weighted by atomic mass is 16.6. The highest BCUT2D eigenvalue weighted by molar-refractivity contribution is 5.83. The van der Waals surface area contributed by atoms with E-state index in [1.54, 1.807) is 4.90 Å². The van der Waals surface area contributed by atoms with Gasteiger partial charge in [-0.05, 0) is 28.3 Å². The number of carbonyl (C=O) groups excluding carboxylic acids is 1. The van der Waals surface area contributed by atoms with Crippen molar-refractivity contribution >= 4 is 16.7 Å². The van der Waals surface area contributed by atoms with Crippen molar-refractivity contribution in [1.29, 1.82) is 0 Å². The van der Waals surface area contributed by atoms with Gasteiger partial charge >= 0.3 is 0 Å². The molecule has 23 heavy (non-hydrogen) atoms. The molecule has 2 aromatic rings. The minimum Gasteiger partial charge on any atom is -0.328 e. The number of hydrogen-bond acceptors (Lipinski definition) is 3. The first kappa shape index (κ1) is 15.5. The summed E-state index contributed by atoms with van der Waals surface area (Å²) < 4.78 is 0. The normalized spacial score (nSPS) is 21.3. The van der Waals surface area contributed by atoms with Crippen LogP contribution in [0.25, 0.3) is 10.8 Å². The Morgan fingerprint density at radius 1 is 1.22 bits per heavy atom. The van der Waals surface area contributed by atoms with Crippen LogP contribution in [-0.2, 0) is 11.3 Å². The van der Waals surface area contributed by atoms with Crippen molar-refractivity contribution in [3.8, 4) is 0 Å². The molecule has 0 saturated carbocycles. The number of hydrogen-bond donors (Lipinski definition) is 0. The fourth-order valence-corrected chi connectivity index (χ4v) is 3.52. The Labute approximate surface area is 135 Å². The summed E-state index contributed by atoms with van der Waals surface area (Å²) in [7, 11) is 0. The van der Waals surface area contributed by atoms with Crippen LogP contribution in [0.3, 0.4) is 0 Å². The summed E-state index contributed by atoms with van der Waals surface area (Å²) >= 11 is 0. The van der Waals surface area contributed by atoms with E-state index < -0.39 is 6.04 Å². The molecule has 0 spiro atoms. The molecular weight excluding hydrogens is 292 g/mol. The molecule has 1 aliphatic rings. The van der Waals surface area contributed by atoms with E-state index in [2.05, 4.69) is 6.07 Å². The summed E-state index contributed by atoms with van der Waals surface area (Å²) in [5.41, 5.74) is 1.01. The number of carbonyl (C=O) groups is 1. The third kappa shape index (κ3) is 2.91. The average molecular weight is 312 g/mol. The maximum atomic E-state index is 12.3. The molecule has 1 saturated heterocycles. The van der Waals surface area contributed by atoms with Gasteiger partial charge in [-0.2, -0.15) is 0 Å². The molecule has 0 unspecified atom stereocenters. The van der Waals surface area contributed by atoms with E-state index in [9.17, 15) is 14.9 Å². The number of benzene rings is 2. The lowest BCUT2D eigenvalue weighted by Gasteiger charge is -2.28. The molecule has 0 aromatic heterocycles. The first-order valence-corrected chi connectivity index (χ1v) is 7.88. The third-order valence-electron chi connectivity index (χ3n) is 4.58. The zero-order valence-electron chi connectivity index (χ0n) is 13.3. The van der Waals surface area contributed by atoms with Crippen LogP contribution in [0.4, 0.5) is 0 Å². The number of nitro groups is 1. The minimum absolute atomic E-state index is 0.00340. The standard InChI is InChI=1S/C18H20N2O3/c1-12(2)18-16(20(22)23)10-17(21)19(18)11-13-7-8-14-5-3-4-6-15(14)9-13/h3-9,12,16,18H,10-11H2,1-2H3/t16-,18+/m1/s1. The van der Waals surface area contributed by atoms with Gasteiger partial charge in [0.2, 0.25) is 11.9 Å². The van der Waals surface area contributed by atoms with Gasteiger partial charge < -0.3 is 4.90 Å². The SMILES string of the molecule is CC(C)[C@H]1[C@H]([N+](=O)[O-])CC(=O)N1Cc1ccc2ccccc2c1. The van der Waals surface area contributed by atoms with Gasteiger partial charge in [0.25, 0.3) is 0 Å². The summed E-state index contributed by atoms with van der Waals surface area (Å²) in [6, 6.07) is 13.0. The minimum atomic E-state index is -0.803. The van der Waals surface area contributed by atoms with Crippen LogP contribution < -0.4 is 0 Å². The van der Waals surface area contributed by atoms with Crippen molar-refractivity contribution in [2.45, 2.75) is 38.9 Å². The smallest absolute Gasteiger partial charge is 0.242 e. The van der Waals surface area contributed by atoms with Crippen molar-refractivity contribution < 1.29 is 9.72 Å². The number of rotatable bonds is 4. The van der Waals surface area contributed by atoms with Crippen LogP contribution >= 0.6 is 0 Å². The van der Waals surface area contributed by atoms with E-state index in [-0.39, 0.29) is 29.2 Å². The predicted molar refractivity (Wildman–Crippen MR) is 88.5 cm³/mol. The van der Waals surface area contributed by atoms with Crippen LogP contribution in [0, 0.1) is 16.0 Å². The van der Waals surface area contributed by atoms with Gasteiger partial charge in [0.05, 0.1) is 6.42 Å². The zero-order chi connectivity index (χ0) is 16.6. The Balaban J connectivity index is 1.89. The molecule has 0 aliphatic carbocycles. The second kappa shape index (κ2) is 5.99. The molecule has 0 radical (unpaired) electrons. The molecule has 1 aliphatic heterocycles. The van der Waals surface area contributed by atoms with Crippen molar-refractivity contribution in [1.82, 2.24) is 4.90 Å². The lowest BCUT2D eigenvalue weighted by Crippen LogP contribution is -2.43. The van der Waals surface area contributed by atoms with Gasteiger partial charge in [0.15, 0.2) is 0 Å². The molecule has 2 atom stereocenters.